The van der Waals surface area contributed by atoms with E-state index in [1.54, 1.807) is 11.3 Å². The Kier molecular flexibility index (Phi) is 4.66. The van der Waals surface area contributed by atoms with Crippen molar-refractivity contribution in [3.63, 3.8) is 0 Å². The summed E-state index contributed by atoms with van der Waals surface area (Å²) in [5.41, 5.74) is 5.98. The molecule has 0 unspecified atom stereocenters. The van der Waals surface area contributed by atoms with E-state index in [9.17, 15) is 0 Å². The second-order valence-electron chi connectivity index (χ2n) is 10.8. The van der Waals surface area contributed by atoms with Crippen molar-refractivity contribution < 1.29 is 0 Å². The van der Waals surface area contributed by atoms with E-state index in [4.69, 9.17) is 4.98 Å². The van der Waals surface area contributed by atoms with Crippen molar-refractivity contribution in [3.8, 4) is 16.3 Å². The molecule has 4 heterocycles. The molecule has 0 aliphatic rings. The fourth-order valence-corrected chi connectivity index (χ4v) is 10.0. The summed E-state index contributed by atoms with van der Waals surface area (Å²) in [6.07, 6.45) is 0. The van der Waals surface area contributed by atoms with E-state index < -0.39 is 0 Å². The summed E-state index contributed by atoms with van der Waals surface area (Å²) >= 11 is 5.54. The van der Waals surface area contributed by atoms with Gasteiger partial charge in [0.2, 0.25) is 0 Å². The first-order chi connectivity index (χ1) is 20.8. The molecule has 0 amide bonds. The maximum absolute atomic E-state index is 5.51. The molecular formula is C37H20N2S3. The molecule has 0 spiro atoms. The Hall–Kier alpha value is -4.55. The SMILES string of the molecule is c1ccc(-c2cc3sc4ccccc4c3c3nc(-n4c5ccccc5c5cc6sc7ccccc7c6cc54)sc23)cc1. The third-order valence-electron chi connectivity index (χ3n) is 8.44. The largest absolute Gasteiger partial charge is 0.285 e. The van der Waals surface area contributed by atoms with Crippen molar-refractivity contribution >= 4 is 106 Å². The highest BCUT2D eigenvalue weighted by Gasteiger charge is 2.21. The number of thiophene rings is 2. The van der Waals surface area contributed by atoms with Gasteiger partial charge < -0.3 is 0 Å². The van der Waals surface area contributed by atoms with Crippen molar-refractivity contribution in [2.75, 3.05) is 0 Å². The third kappa shape index (κ3) is 3.10. The lowest BCUT2D eigenvalue weighted by Gasteiger charge is -2.04. The average molecular weight is 589 g/mol. The van der Waals surface area contributed by atoms with Gasteiger partial charge in [-0.2, -0.15) is 0 Å². The van der Waals surface area contributed by atoms with Crippen molar-refractivity contribution in [2.45, 2.75) is 0 Å². The molecular weight excluding hydrogens is 569 g/mol. The van der Waals surface area contributed by atoms with E-state index in [1.165, 1.54) is 78.0 Å². The summed E-state index contributed by atoms with van der Waals surface area (Å²) in [4.78, 5) is 5.51. The van der Waals surface area contributed by atoms with E-state index in [1.807, 2.05) is 22.7 Å². The van der Waals surface area contributed by atoms with Gasteiger partial charge in [-0.25, -0.2) is 4.98 Å². The van der Waals surface area contributed by atoms with E-state index in [-0.39, 0.29) is 0 Å². The van der Waals surface area contributed by atoms with Gasteiger partial charge >= 0.3 is 0 Å². The third-order valence-corrected chi connectivity index (χ3v) is 11.8. The Morgan fingerprint density at radius 1 is 0.476 bits per heavy atom. The number of rotatable bonds is 2. The molecule has 196 valence electrons. The molecule has 5 heteroatoms. The fraction of sp³-hybridized carbons (Fsp3) is 0. The smallest absolute Gasteiger partial charge is 0.195 e. The molecule has 10 aromatic rings. The molecule has 0 aliphatic heterocycles. The summed E-state index contributed by atoms with van der Waals surface area (Å²) in [5.74, 6) is 0. The lowest BCUT2D eigenvalue weighted by Crippen LogP contribution is -1.92. The zero-order valence-corrected chi connectivity index (χ0v) is 24.6. The number of thiazole rings is 1. The zero-order valence-electron chi connectivity index (χ0n) is 22.2. The molecule has 0 N–H and O–H groups in total. The van der Waals surface area contributed by atoms with E-state index in [0.29, 0.717) is 0 Å². The minimum atomic E-state index is 1.01. The van der Waals surface area contributed by atoms with Crippen molar-refractivity contribution in [1.29, 1.82) is 0 Å². The molecule has 0 atom stereocenters. The summed E-state index contributed by atoms with van der Waals surface area (Å²) in [5, 5.41) is 8.73. The van der Waals surface area contributed by atoms with Gasteiger partial charge in [0, 0.05) is 56.7 Å². The highest BCUT2D eigenvalue weighted by atomic mass is 32.1. The predicted octanol–water partition coefficient (Wildman–Crippen LogP) is 11.8. The molecule has 0 saturated carbocycles. The Balaban J connectivity index is 1.37. The summed E-state index contributed by atoms with van der Waals surface area (Å²) in [6.45, 7) is 0. The van der Waals surface area contributed by atoms with Crippen LogP contribution in [0.3, 0.4) is 0 Å². The van der Waals surface area contributed by atoms with Crippen LogP contribution in [0.15, 0.2) is 121 Å². The van der Waals surface area contributed by atoms with Crippen LogP contribution in [0.2, 0.25) is 0 Å². The van der Waals surface area contributed by atoms with Gasteiger partial charge in [-0.05, 0) is 42.0 Å². The van der Waals surface area contributed by atoms with Crippen LogP contribution >= 0.6 is 34.0 Å². The van der Waals surface area contributed by atoms with Gasteiger partial charge in [-0.1, -0.05) is 96.3 Å². The predicted molar refractivity (Wildman–Crippen MR) is 185 cm³/mol. The number of hydrogen-bond acceptors (Lipinski definition) is 4. The number of hydrogen-bond donors (Lipinski definition) is 0. The standard InChI is InChI=1S/C37H20N2S3/c1-2-10-21(11-3-1)25-19-33-34(24-14-6-9-17-31(24)41-33)35-36(25)42-37(38-35)39-28-15-7-4-12-22(28)26-20-32-27(18-29(26)39)23-13-5-8-16-30(23)40-32/h1-20H. The van der Waals surface area contributed by atoms with Gasteiger partial charge in [0.15, 0.2) is 5.13 Å². The average Bonchev–Trinajstić information content (AvgIpc) is 3.79. The van der Waals surface area contributed by atoms with Crippen molar-refractivity contribution in [3.05, 3.63) is 121 Å². The second-order valence-corrected chi connectivity index (χ2v) is 13.9. The van der Waals surface area contributed by atoms with E-state index in [0.717, 1.165) is 10.6 Å². The van der Waals surface area contributed by atoms with E-state index in [2.05, 4.69) is 126 Å². The lowest BCUT2D eigenvalue weighted by atomic mass is 10.0. The Bertz CT molecular complexity index is 2690. The van der Waals surface area contributed by atoms with Crippen LogP contribution in [0.5, 0.6) is 0 Å². The molecule has 0 fully saturated rings. The Morgan fingerprint density at radius 2 is 1.17 bits per heavy atom. The maximum atomic E-state index is 5.51. The highest BCUT2D eigenvalue weighted by Crippen LogP contribution is 2.47. The molecule has 0 bridgehead atoms. The van der Waals surface area contributed by atoms with Gasteiger partial charge in [-0.3, -0.25) is 4.57 Å². The maximum Gasteiger partial charge on any atom is 0.195 e. The summed E-state index contributed by atoms with van der Waals surface area (Å²) in [6, 6.07) is 44.2. The monoisotopic (exact) mass is 588 g/mol. The van der Waals surface area contributed by atoms with Crippen LogP contribution in [-0.4, -0.2) is 9.55 Å². The van der Waals surface area contributed by atoms with Crippen LogP contribution in [0.1, 0.15) is 0 Å². The first-order valence-electron chi connectivity index (χ1n) is 14.0. The molecule has 2 nitrogen and oxygen atoms in total. The summed E-state index contributed by atoms with van der Waals surface area (Å²) < 4.78 is 8.88. The van der Waals surface area contributed by atoms with Crippen LogP contribution in [0, 0.1) is 0 Å². The Morgan fingerprint density at radius 3 is 2.02 bits per heavy atom. The number of nitrogens with zero attached hydrogens (tertiary/aromatic N) is 2. The first-order valence-corrected chi connectivity index (χ1v) is 16.4. The van der Waals surface area contributed by atoms with Crippen molar-refractivity contribution in [1.82, 2.24) is 9.55 Å². The van der Waals surface area contributed by atoms with Crippen molar-refractivity contribution in [2.24, 2.45) is 0 Å². The molecule has 0 aliphatic carbocycles. The second kappa shape index (κ2) is 8.49. The van der Waals surface area contributed by atoms with E-state index >= 15 is 0 Å². The summed E-state index contributed by atoms with van der Waals surface area (Å²) in [7, 11) is 0. The lowest BCUT2D eigenvalue weighted by molar-refractivity contribution is 1.15. The molecule has 0 radical (unpaired) electrons. The molecule has 10 rings (SSSR count). The number of aromatic nitrogens is 2. The van der Waals surface area contributed by atoms with Crippen LogP contribution < -0.4 is 0 Å². The number of fused-ring (bicyclic) bond motifs is 11. The topological polar surface area (TPSA) is 17.8 Å². The molecule has 42 heavy (non-hydrogen) atoms. The molecule has 6 aromatic carbocycles. The molecule has 0 saturated heterocycles. The van der Waals surface area contributed by atoms with Gasteiger partial charge in [-0.15, -0.1) is 22.7 Å². The van der Waals surface area contributed by atoms with Gasteiger partial charge in [0.1, 0.15) is 0 Å². The Labute approximate surface area is 252 Å². The van der Waals surface area contributed by atoms with Crippen LogP contribution in [0.25, 0.3) is 88.6 Å². The van der Waals surface area contributed by atoms with Gasteiger partial charge in [0.25, 0.3) is 0 Å². The minimum absolute atomic E-state index is 1.01. The normalized spacial score (nSPS) is 12.3. The van der Waals surface area contributed by atoms with Crippen LogP contribution in [0.4, 0.5) is 0 Å². The highest BCUT2D eigenvalue weighted by molar-refractivity contribution is 7.27. The minimum Gasteiger partial charge on any atom is -0.285 e. The molecule has 4 aromatic heterocycles. The van der Waals surface area contributed by atoms with Crippen LogP contribution in [-0.2, 0) is 0 Å². The zero-order chi connectivity index (χ0) is 27.4. The van der Waals surface area contributed by atoms with Gasteiger partial charge in [0.05, 0.1) is 21.3 Å². The fourth-order valence-electron chi connectivity index (χ4n) is 6.59. The number of para-hydroxylation sites is 1. The quantitative estimate of drug-likeness (QED) is 0.196. The first kappa shape index (κ1) is 23.1. The number of benzene rings is 6.